The van der Waals surface area contributed by atoms with E-state index in [4.69, 9.17) is 4.74 Å². The van der Waals surface area contributed by atoms with E-state index in [0.717, 1.165) is 28.9 Å². The predicted octanol–water partition coefficient (Wildman–Crippen LogP) is 3.53. The van der Waals surface area contributed by atoms with Crippen LogP contribution in [-0.4, -0.2) is 28.8 Å². The Morgan fingerprint density at radius 1 is 1.16 bits per heavy atom. The Bertz CT molecular complexity index is 762. The van der Waals surface area contributed by atoms with Crippen molar-refractivity contribution < 1.29 is 9.53 Å². The molecule has 25 heavy (non-hydrogen) atoms. The van der Waals surface area contributed by atoms with E-state index in [0.29, 0.717) is 12.5 Å². The summed E-state index contributed by atoms with van der Waals surface area (Å²) in [5.41, 5.74) is 4.30. The third-order valence-corrected chi connectivity index (χ3v) is 5.36. The van der Waals surface area contributed by atoms with Gasteiger partial charge in [-0.2, -0.15) is 5.10 Å². The molecule has 0 radical (unpaired) electrons. The third kappa shape index (κ3) is 3.47. The van der Waals surface area contributed by atoms with Gasteiger partial charge in [-0.1, -0.05) is 25.3 Å². The summed E-state index contributed by atoms with van der Waals surface area (Å²) >= 11 is 0. The largest absolute Gasteiger partial charge is 0.367 e. The zero-order chi connectivity index (χ0) is 17.2. The number of anilines is 1. The molecule has 0 unspecified atom stereocenters. The van der Waals surface area contributed by atoms with Crippen LogP contribution >= 0.6 is 0 Å². The van der Waals surface area contributed by atoms with Crippen molar-refractivity contribution in [2.24, 2.45) is 13.0 Å². The van der Waals surface area contributed by atoms with Crippen LogP contribution in [0.1, 0.15) is 37.7 Å². The zero-order valence-electron chi connectivity index (χ0n) is 14.8. The summed E-state index contributed by atoms with van der Waals surface area (Å²) in [5.74, 6) is 0.695. The number of benzene rings is 1. The molecule has 132 valence electrons. The molecular formula is C20H25N3O2. The van der Waals surface area contributed by atoms with E-state index in [1.54, 1.807) is 4.68 Å². The number of fused-ring (bicyclic) bond motifs is 1. The van der Waals surface area contributed by atoms with E-state index in [2.05, 4.69) is 23.3 Å². The normalized spacial score (nSPS) is 18.9. The van der Waals surface area contributed by atoms with Crippen molar-refractivity contribution in [1.29, 1.82) is 0 Å². The van der Waals surface area contributed by atoms with Gasteiger partial charge in [0, 0.05) is 36.6 Å². The molecule has 0 spiro atoms. The van der Waals surface area contributed by atoms with Gasteiger partial charge < -0.3 is 9.64 Å². The van der Waals surface area contributed by atoms with Crippen LogP contribution in [-0.2, 0) is 23.2 Å². The van der Waals surface area contributed by atoms with E-state index < -0.39 is 0 Å². The molecule has 0 bridgehead atoms. The van der Waals surface area contributed by atoms with Crippen LogP contribution in [0.25, 0.3) is 11.1 Å². The molecule has 0 saturated heterocycles. The Hall–Kier alpha value is -2.14. The predicted molar refractivity (Wildman–Crippen MR) is 97.2 cm³/mol. The Morgan fingerprint density at radius 3 is 2.76 bits per heavy atom. The Morgan fingerprint density at radius 2 is 2.00 bits per heavy atom. The third-order valence-electron chi connectivity index (χ3n) is 5.36. The minimum absolute atomic E-state index is 0.0819. The van der Waals surface area contributed by atoms with Crippen LogP contribution in [0.3, 0.4) is 0 Å². The number of amides is 1. The molecule has 2 aromatic rings. The highest BCUT2D eigenvalue weighted by molar-refractivity contribution is 5.96. The van der Waals surface area contributed by atoms with Gasteiger partial charge >= 0.3 is 0 Å². The van der Waals surface area contributed by atoms with Crippen LogP contribution < -0.4 is 4.90 Å². The van der Waals surface area contributed by atoms with Crippen LogP contribution in [0.5, 0.6) is 0 Å². The van der Waals surface area contributed by atoms with E-state index in [1.807, 2.05) is 24.3 Å². The van der Waals surface area contributed by atoms with Gasteiger partial charge in [0.15, 0.2) is 0 Å². The number of hydrogen-bond acceptors (Lipinski definition) is 3. The van der Waals surface area contributed by atoms with Gasteiger partial charge in [-0.25, -0.2) is 0 Å². The summed E-state index contributed by atoms with van der Waals surface area (Å²) in [7, 11) is 1.92. The van der Waals surface area contributed by atoms with Crippen molar-refractivity contribution in [3.63, 3.8) is 0 Å². The summed E-state index contributed by atoms with van der Waals surface area (Å²) < 4.78 is 7.44. The molecular weight excluding hydrogens is 314 g/mol. The van der Waals surface area contributed by atoms with Gasteiger partial charge in [-0.15, -0.1) is 0 Å². The first-order valence-electron chi connectivity index (χ1n) is 9.21. The quantitative estimate of drug-likeness (QED) is 0.859. The highest BCUT2D eigenvalue weighted by Crippen LogP contribution is 2.32. The first kappa shape index (κ1) is 16.3. The number of aryl methyl sites for hydroxylation is 1. The average molecular weight is 339 g/mol. The number of nitrogens with zero attached hydrogens (tertiary/aromatic N) is 3. The zero-order valence-corrected chi connectivity index (χ0v) is 14.8. The maximum absolute atomic E-state index is 12.6. The highest BCUT2D eigenvalue weighted by atomic mass is 16.5. The van der Waals surface area contributed by atoms with Crippen LogP contribution in [0.2, 0.25) is 0 Å². The lowest BCUT2D eigenvalue weighted by atomic mass is 9.88. The second kappa shape index (κ2) is 7.00. The first-order chi connectivity index (χ1) is 12.2. The lowest BCUT2D eigenvalue weighted by molar-refractivity contribution is -0.123. The van der Waals surface area contributed by atoms with Crippen molar-refractivity contribution in [3.05, 3.63) is 36.2 Å². The summed E-state index contributed by atoms with van der Waals surface area (Å²) in [6.45, 7) is 1.47. The maximum atomic E-state index is 12.6. The number of ether oxygens (including phenoxy) is 1. The molecule has 2 heterocycles. The van der Waals surface area contributed by atoms with Crippen LogP contribution in [0.15, 0.2) is 30.6 Å². The van der Waals surface area contributed by atoms with Crippen molar-refractivity contribution in [2.75, 3.05) is 18.1 Å². The standard InChI is InChI=1S/C20H25N3O2/c1-22-12-18(10-21-22)16-7-8-19-17(9-16)13-25-14-20(24)23(19)11-15-5-3-2-4-6-15/h7-10,12,15H,2-6,11,13-14H2,1H3. The van der Waals surface area contributed by atoms with Gasteiger partial charge in [-0.3, -0.25) is 9.48 Å². The molecule has 1 aliphatic heterocycles. The minimum atomic E-state index is 0.0819. The Kier molecular flexibility index (Phi) is 4.57. The summed E-state index contributed by atoms with van der Waals surface area (Å²) in [6, 6.07) is 6.30. The molecule has 5 nitrogen and oxygen atoms in total. The molecule has 5 heteroatoms. The second-order valence-electron chi connectivity index (χ2n) is 7.25. The molecule has 1 aromatic heterocycles. The molecule has 0 atom stereocenters. The monoisotopic (exact) mass is 339 g/mol. The first-order valence-corrected chi connectivity index (χ1v) is 9.21. The van der Waals surface area contributed by atoms with E-state index in [9.17, 15) is 4.79 Å². The highest BCUT2D eigenvalue weighted by Gasteiger charge is 2.26. The fourth-order valence-electron chi connectivity index (χ4n) is 4.00. The smallest absolute Gasteiger partial charge is 0.253 e. The molecule has 1 saturated carbocycles. The van der Waals surface area contributed by atoms with Crippen LogP contribution in [0, 0.1) is 5.92 Å². The Balaban J connectivity index is 1.64. The summed E-state index contributed by atoms with van der Waals surface area (Å²) in [6.07, 6.45) is 10.2. The topological polar surface area (TPSA) is 47.4 Å². The van der Waals surface area contributed by atoms with Crippen molar-refractivity contribution in [3.8, 4) is 11.1 Å². The number of aromatic nitrogens is 2. The van der Waals surface area contributed by atoms with Gasteiger partial charge in [0.25, 0.3) is 5.91 Å². The molecule has 1 aromatic carbocycles. The van der Waals surface area contributed by atoms with Gasteiger partial charge in [0.2, 0.25) is 0 Å². The molecule has 2 aliphatic rings. The lowest BCUT2D eigenvalue weighted by Gasteiger charge is -2.29. The van der Waals surface area contributed by atoms with E-state index in [-0.39, 0.29) is 12.5 Å². The van der Waals surface area contributed by atoms with E-state index >= 15 is 0 Å². The molecule has 0 N–H and O–H groups in total. The van der Waals surface area contributed by atoms with Crippen LogP contribution in [0.4, 0.5) is 5.69 Å². The average Bonchev–Trinajstić information content (AvgIpc) is 3.00. The number of carbonyl (C=O) groups excluding carboxylic acids is 1. The van der Waals surface area contributed by atoms with Crippen molar-refractivity contribution in [2.45, 2.75) is 38.7 Å². The number of hydrogen-bond donors (Lipinski definition) is 0. The Labute approximate surface area is 148 Å². The molecule has 4 rings (SSSR count). The molecule has 1 fully saturated rings. The van der Waals surface area contributed by atoms with Gasteiger partial charge in [0.05, 0.1) is 12.8 Å². The fourth-order valence-corrected chi connectivity index (χ4v) is 4.00. The minimum Gasteiger partial charge on any atom is -0.367 e. The van der Waals surface area contributed by atoms with E-state index in [1.165, 1.54) is 32.1 Å². The summed E-state index contributed by atoms with van der Waals surface area (Å²) in [5, 5.41) is 4.25. The molecule has 1 aliphatic carbocycles. The molecule has 1 amide bonds. The van der Waals surface area contributed by atoms with Crippen molar-refractivity contribution >= 4 is 11.6 Å². The second-order valence-corrected chi connectivity index (χ2v) is 7.25. The van der Waals surface area contributed by atoms with Gasteiger partial charge in [0.1, 0.15) is 6.61 Å². The SMILES string of the molecule is Cn1cc(-c2ccc3c(c2)COCC(=O)N3CC2CCCCC2)cn1. The lowest BCUT2D eigenvalue weighted by Crippen LogP contribution is -2.37. The number of carbonyl (C=O) groups is 1. The van der Waals surface area contributed by atoms with Gasteiger partial charge in [-0.05, 0) is 36.5 Å². The number of rotatable bonds is 3. The fraction of sp³-hybridized carbons (Fsp3) is 0.500. The summed E-state index contributed by atoms with van der Waals surface area (Å²) in [4.78, 5) is 14.6. The maximum Gasteiger partial charge on any atom is 0.253 e. The van der Waals surface area contributed by atoms with Crippen molar-refractivity contribution in [1.82, 2.24) is 9.78 Å².